The number of anilines is 2. The molecular formula is C12H9BrF2N2O2S. The summed E-state index contributed by atoms with van der Waals surface area (Å²) in [6.45, 7) is 0. The maximum Gasteiger partial charge on any atom is 0.264 e. The lowest BCUT2D eigenvalue weighted by Gasteiger charge is -2.11. The normalized spacial score (nSPS) is 11.3. The lowest BCUT2D eigenvalue weighted by atomic mass is 10.3. The molecule has 0 radical (unpaired) electrons. The number of hydrogen-bond acceptors (Lipinski definition) is 3. The third-order valence-corrected chi connectivity index (χ3v) is 4.52. The number of nitrogens with one attached hydrogen (secondary N) is 1. The summed E-state index contributed by atoms with van der Waals surface area (Å²) in [5, 5.41) is 0. The van der Waals surface area contributed by atoms with Crippen LogP contribution in [0.15, 0.2) is 45.8 Å². The van der Waals surface area contributed by atoms with E-state index in [2.05, 4.69) is 20.7 Å². The van der Waals surface area contributed by atoms with Crippen LogP contribution in [0, 0.1) is 11.6 Å². The van der Waals surface area contributed by atoms with E-state index in [1.165, 1.54) is 24.3 Å². The van der Waals surface area contributed by atoms with E-state index in [0.717, 1.165) is 12.1 Å². The van der Waals surface area contributed by atoms with E-state index < -0.39 is 27.3 Å². The largest absolute Gasteiger partial charge is 0.395 e. The molecule has 0 spiro atoms. The Labute approximate surface area is 122 Å². The average Bonchev–Trinajstić information content (AvgIpc) is 2.36. The van der Waals surface area contributed by atoms with Gasteiger partial charge < -0.3 is 5.73 Å². The van der Waals surface area contributed by atoms with Crippen LogP contribution >= 0.6 is 15.9 Å². The summed E-state index contributed by atoms with van der Waals surface area (Å²) in [6.07, 6.45) is 0. The Hall–Kier alpha value is -1.67. The van der Waals surface area contributed by atoms with Crippen molar-refractivity contribution < 1.29 is 17.2 Å². The van der Waals surface area contributed by atoms with Gasteiger partial charge in [-0.1, -0.05) is 6.07 Å². The topological polar surface area (TPSA) is 72.2 Å². The zero-order valence-electron chi connectivity index (χ0n) is 9.90. The fourth-order valence-electron chi connectivity index (χ4n) is 1.52. The molecule has 0 saturated heterocycles. The van der Waals surface area contributed by atoms with Crippen molar-refractivity contribution in [1.82, 2.24) is 0 Å². The maximum absolute atomic E-state index is 13.3. The number of halogens is 3. The number of para-hydroxylation sites is 1. The Kier molecular flexibility index (Phi) is 3.96. The molecular weight excluding hydrogens is 354 g/mol. The van der Waals surface area contributed by atoms with Gasteiger partial charge in [0, 0.05) is 0 Å². The molecule has 0 atom stereocenters. The summed E-state index contributed by atoms with van der Waals surface area (Å²) >= 11 is 2.94. The first kappa shape index (κ1) is 14.7. The summed E-state index contributed by atoms with van der Waals surface area (Å²) in [4.78, 5) is -0.377. The molecule has 0 amide bonds. The molecule has 20 heavy (non-hydrogen) atoms. The van der Waals surface area contributed by atoms with Gasteiger partial charge in [-0.05, 0) is 46.3 Å². The molecule has 3 N–H and O–H groups in total. The van der Waals surface area contributed by atoms with E-state index in [9.17, 15) is 17.2 Å². The van der Waals surface area contributed by atoms with E-state index in [0.29, 0.717) is 0 Å². The number of hydrogen-bond donors (Lipinski definition) is 2. The van der Waals surface area contributed by atoms with E-state index in [1.807, 2.05) is 0 Å². The fourth-order valence-corrected chi connectivity index (χ4v) is 3.09. The molecule has 4 nitrogen and oxygen atoms in total. The van der Waals surface area contributed by atoms with Crippen molar-refractivity contribution in [3.8, 4) is 0 Å². The molecule has 2 aromatic carbocycles. The Bertz CT molecular complexity index is 766. The predicted octanol–water partition coefficient (Wildman–Crippen LogP) is 3.11. The molecule has 106 valence electrons. The Balaban J connectivity index is 2.41. The van der Waals surface area contributed by atoms with Crippen molar-refractivity contribution in [2.45, 2.75) is 4.90 Å². The van der Waals surface area contributed by atoms with E-state index >= 15 is 0 Å². The van der Waals surface area contributed by atoms with E-state index in [1.54, 1.807) is 0 Å². The molecule has 8 heteroatoms. The summed E-state index contributed by atoms with van der Waals surface area (Å²) in [5.74, 6) is -1.36. The molecule has 0 saturated carbocycles. The van der Waals surface area contributed by atoms with Crippen LogP contribution in [-0.2, 0) is 10.0 Å². The summed E-state index contributed by atoms with van der Waals surface area (Å²) in [6, 6.07) is 7.06. The molecule has 2 rings (SSSR count). The van der Waals surface area contributed by atoms with Crippen LogP contribution < -0.4 is 10.5 Å². The minimum absolute atomic E-state index is 0.102. The monoisotopic (exact) mass is 362 g/mol. The minimum Gasteiger partial charge on any atom is -0.395 e. The van der Waals surface area contributed by atoms with Crippen molar-refractivity contribution >= 4 is 37.3 Å². The molecule has 0 unspecified atom stereocenters. The lowest BCUT2D eigenvalue weighted by molar-refractivity contribution is 0.597. The first-order chi connectivity index (χ1) is 9.31. The summed E-state index contributed by atoms with van der Waals surface area (Å²) in [5.41, 5.74) is 5.07. The van der Waals surface area contributed by atoms with Crippen LogP contribution in [0.5, 0.6) is 0 Å². The van der Waals surface area contributed by atoms with Crippen LogP contribution in [-0.4, -0.2) is 8.42 Å². The van der Waals surface area contributed by atoms with E-state index in [4.69, 9.17) is 5.73 Å². The molecule has 0 bridgehead atoms. The zero-order chi connectivity index (χ0) is 14.9. The molecule has 0 aliphatic carbocycles. The first-order valence-corrected chi connectivity index (χ1v) is 7.61. The first-order valence-electron chi connectivity index (χ1n) is 5.33. The number of nitrogens with two attached hydrogens (primary N) is 1. The Morgan fingerprint density at radius 2 is 1.80 bits per heavy atom. The fraction of sp³-hybridized carbons (Fsp3) is 0. The number of nitrogen functional groups attached to an aromatic ring is 1. The van der Waals surface area contributed by atoms with Gasteiger partial charge in [-0.15, -0.1) is 0 Å². The highest BCUT2D eigenvalue weighted by Crippen LogP contribution is 2.25. The molecule has 0 fully saturated rings. The summed E-state index contributed by atoms with van der Waals surface area (Å²) < 4.78 is 52.9. The minimum atomic E-state index is -4.05. The van der Waals surface area contributed by atoms with Crippen LogP contribution in [0.2, 0.25) is 0 Å². The van der Waals surface area contributed by atoms with Gasteiger partial charge in [0.05, 0.1) is 15.8 Å². The molecule has 2 aromatic rings. The van der Waals surface area contributed by atoms with Crippen LogP contribution in [0.4, 0.5) is 20.2 Å². The smallest absolute Gasteiger partial charge is 0.264 e. The lowest BCUT2D eigenvalue weighted by Crippen LogP contribution is -2.15. The quantitative estimate of drug-likeness (QED) is 0.824. The van der Waals surface area contributed by atoms with Crippen molar-refractivity contribution in [2.75, 3.05) is 10.5 Å². The van der Waals surface area contributed by atoms with Crippen LogP contribution in [0.3, 0.4) is 0 Å². The number of sulfonamides is 1. The van der Waals surface area contributed by atoms with Gasteiger partial charge >= 0.3 is 0 Å². The van der Waals surface area contributed by atoms with Crippen molar-refractivity contribution in [3.63, 3.8) is 0 Å². The standard InChI is InChI=1S/C12H9BrF2N2O2S/c13-8-6-7(4-5-9(8)14)17-20(18,19)11-3-1-2-10(15)12(11)16/h1-6,17H,16H2. The van der Waals surface area contributed by atoms with E-state index in [-0.39, 0.29) is 15.1 Å². The SMILES string of the molecule is Nc1c(F)cccc1S(=O)(=O)Nc1ccc(F)c(Br)c1. The predicted molar refractivity (Wildman–Crippen MR) is 75.7 cm³/mol. The highest BCUT2D eigenvalue weighted by Gasteiger charge is 2.19. The van der Waals surface area contributed by atoms with Crippen LogP contribution in [0.1, 0.15) is 0 Å². The maximum atomic E-state index is 13.3. The van der Waals surface area contributed by atoms with Crippen molar-refractivity contribution in [3.05, 3.63) is 52.5 Å². The van der Waals surface area contributed by atoms with Gasteiger partial charge in [-0.25, -0.2) is 17.2 Å². The van der Waals surface area contributed by atoms with Crippen LogP contribution in [0.25, 0.3) is 0 Å². The number of rotatable bonds is 3. The van der Waals surface area contributed by atoms with Crippen molar-refractivity contribution in [1.29, 1.82) is 0 Å². The second kappa shape index (κ2) is 5.37. The third-order valence-electron chi connectivity index (χ3n) is 2.47. The zero-order valence-corrected chi connectivity index (χ0v) is 12.3. The average molecular weight is 363 g/mol. The highest BCUT2D eigenvalue weighted by atomic mass is 79.9. The number of benzene rings is 2. The second-order valence-electron chi connectivity index (χ2n) is 3.89. The molecule has 0 aliphatic heterocycles. The van der Waals surface area contributed by atoms with Gasteiger partial charge in [-0.2, -0.15) is 0 Å². The Morgan fingerprint density at radius 3 is 2.45 bits per heavy atom. The Morgan fingerprint density at radius 1 is 1.10 bits per heavy atom. The molecule has 0 aromatic heterocycles. The van der Waals surface area contributed by atoms with Gasteiger partial charge in [0.1, 0.15) is 16.5 Å². The van der Waals surface area contributed by atoms with Gasteiger partial charge in [-0.3, -0.25) is 4.72 Å². The van der Waals surface area contributed by atoms with Crippen molar-refractivity contribution in [2.24, 2.45) is 0 Å². The summed E-state index contributed by atoms with van der Waals surface area (Å²) in [7, 11) is -4.05. The second-order valence-corrected chi connectivity index (χ2v) is 6.39. The third kappa shape index (κ3) is 2.91. The molecule has 0 heterocycles. The van der Waals surface area contributed by atoms with Gasteiger partial charge in [0.2, 0.25) is 0 Å². The highest BCUT2D eigenvalue weighted by molar-refractivity contribution is 9.10. The van der Waals surface area contributed by atoms with Gasteiger partial charge in [0.25, 0.3) is 10.0 Å². The molecule has 0 aliphatic rings. The van der Waals surface area contributed by atoms with Gasteiger partial charge in [0.15, 0.2) is 0 Å².